The van der Waals surface area contributed by atoms with Gasteiger partial charge in [0.15, 0.2) is 0 Å². The van der Waals surface area contributed by atoms with Crippen molar-refractivity contribution in [3.05, 3.63) is 35.9 Å². The van der Waals surface area contributed by atoms with Gasteiger partial charge in [-0.25, -0.2) is 4.79 Å². The first-order valence-corrected chi connectivity index (χ1v) is 19.2. The molecule has 16 N–H and O–H groups in total. The zero-order chi connectivity index (χ0) is 46.6. The summed E-state index contributed by atoms with van der Waals surface area (Å²) in [6, 6.07) is -3.86. The van der Waals surface area contributed by atoms with Gasteiger partial charge in [-0.3, -0.25) is 38.4 Å². The first-order valence-electron chi connectivity index (χ1n) is 19.2. The van der Waals surface area contributed by atoms with Crippen LogP contribution in [0.4, 0.5) is 0 Å². The van der Waals surface area contributed by atoms with E-state index in [0.29, 0.717) is 12.0 Å². The number of aliphatic hydroxyl groups excluding tert-OH is 5. The Balaban J connectivity index is 3.08. The van der Waals surface area contributed by atoms with Gasteiger partial charge in [0, 0.05) is 6.42 Å². The second kappa shape index (κ2) is 26.4. The van der Waals surface area contributed by atoms with Crippen LogP contribution in [-0.2, 0) is 49.6 Å². The van der Waals surface area contributed by atoms with Gasteiger partial charge in [-0.05, 0) is 32.3 Å². The van der Waals surface area contributed by atoms with Crippen molar-refractivity contribution < 1.29 is 73.8 Å². The van der Waals surface area contributed by atoms with Gasteiger partial charge in [0.2, 0.25) is 47.3 Å². The molecule has 1 aromatic rings. The van der Waals surface area contributed by atoms with Gasteiger partial charge in [-0.1, -0.05) is 50.6 Å². The fraction of sp³-hybridized carbons (Fsp3) is 0.595. The molecule has 0 aliphatic rings. The summed E-state index contributed by atoms with van der Waals surface area (Å²) in [7, 11) is 0. The predicted octanol–water partition coefficient (Wildman–Crippen LogP) is -7.04. The SMILES string of the molecule is CCC(C)C(NC(=O)CNC(=O)C(Cc1ccccc1)NC(=O)C(C)N)C(=O)NC(C(=O)NC(C(=O)NC(CO)C(=O)NC(CO)C(=O)NC(CO)C(=O)O)C(C)O)C(C)O. The third-order valence-electron chi connectivity index (χ3n) is 9.12. The van der Waals surface area contributed by atoms with Gasteiger partial charge in [0.05, 0.1) is 44.6 Å². The standard InChI is InChI=1S/C37H59N9O15/c1-6-17(2)27(44-26(52)13-39-31(54)22(40-30(53)18(3)38)12-21-10-8-7-9-11-21)34(57)45-29(20(5)51)36(59)46-28(19(4)50)35(58)42-24(15-48)32(55)41-23(14-47)33(56)43-25(16-49)37(60)61/h7-11,17-20,22-25,27-29,47-51H,6,12-16,38H2,1-5H3,(H,39,54)(H,40,53)(H,41,55)(H,42,58)(H,43,56)(H,44,52)(H,45,57)(H,46,59)(H,60,61). The maximum absolute atomic E-state index is 13.6. The lowest BCUT2D eigenvalue weighted by molar-refractivity contribution is -0.143. The number of hydrogen-bond acceptors (Lipinski definition) is 15. The van der Waals surface area contributed by atoms with Crippen LogP contribution in [0.1, 0.15) is 46.6 Å². The molecular formula is C37H59N9O15. The second-order valence-corrected chi connectivity index (χ2v) is 14.2. The number of aliphatic hydroxyl groups is 5. The van der Waals surface area contributed by atoms with E-state index < -0.39 is 146 Å². The predicted molar refractivity (Wildman–Crippen MR) is 212 cm³/mol. The van der Waals surface area contributed by atoms with Gasteiger partial charge < -0.3 is 78.9 Å². The van der Waals surface area contributed by atoms with Crippen molar-refractivity contribution in [2.45, 2.75) is 108 Å². The number of rotatable bonds is 26. The van der Waals surface area contributed by atoms with Crippen molar-refractivity contribution in [3.63, 3.8) is 0 Å². The summed E-state index contributed by atoms with van der Waals surface area (Å²) in [5.41, 5.74) is 6.36. The van der Waals surface area contributed by atoms with Gasteiger partial charge in [-0.2, -0.15) is 0 Å². The lowest BCUT2D eigenvalue weighted by atomic mass is 9.97. The number of aliphatic carboxylic acids is 1. The van der Waals surface area contributed by atoms with E-state index in [1.54, 1.807) is 44.2 Å². The molecule has 0 saturated heterocycles. The molecule has 11 atom stereocenters. The van der Waals surface area contributed by atoms with Crippen molar-refractivity contribution in [1.82, 2.24) is 42.5 Å². The minimum atomic E-state index is -1.90. The van der Waals surface area contributed by atoms with Crippen LogP contribution in [-0.4, -0.2) is 171 Å². The molecule has 11 unspecified atom stereocenters. The average molecular weight is 870 g/mol. The largest absolute Gasteiger partial charge is 0.480 e. The minimum absolute atomic E-state index is 0.0676. The lowest BCUT2D eigenvalue weighted by Crippen LogP contribution is -2.64. The summed E-state index contributed by atoms with van der Waals surface area (Å²) in [5.74, 6) is -10.4. The molecular weight excluding hydrogens is 810 g/mol. The number of benzene rings is 1. The van der Waals surface area contributed by atoms with Crippen molar-refractivity contribution in [2.24, 2.45) is 11.7 Å². The quantitative estimate of drug-likeness (QED) is 0.0411. The molecule has 8 amide bonds. The molecule has 0 bridgehead atoms. The van der Waals surface area contributed by atoms with Crippen LogP contribution in [0.2, 0.25) is 0 Å². The van der Waals surface area contributed by atoms with E-state index in [1.807, 2.05) is 16.0 Å². The molecule has 0 heterocycles. The van der Waals surface area contributed by atoms with Gasteiger partial charge >= 0.3 is 5.97 Å². The Morgan fingerprint density at radius 2 is 0.984 bits per heavy atom. The Hall–Kier alpha value is -5.79. The Kier molecular flexibility index (Phi) is 23.1. The Bertz CT molecular complexity index is 1660. The summed E-state index contributed by atoms with van der Waals surface area (Å²) in [6.45, 7) is 3.03. The highest BCUT2D eigenvalue weighted by molar-refractivity contribution is 5.98. The average Bonchev–Trinajstić information content (AvgIpc) is 3.21. The Morgan fingerprint density at radius 3 is 1.41 bits per heavy atom. The van der Waals surface area contributed by atoms with Crippen LogP contribution in [0.25, 0.3) is 0 Å². The lowest BCUT2D eigenvalue weighted by Gasteiger charge is -2.29. The first kappa shape index (κ1) is 53.2. The molecule has 24 heteroatoms. The van der Waals surface area contributed by atoms with Crippen LogP contribution >= 0.6 is 0 Å². The zero-order valence-corrected chi connectivity index (χ0v) is 34.4. The number of nitrogens with two attached hydrogens (primary N) is 1. The van der Waals surface area contributed by atoms with E-state index in [-0.39, 0.29) is 6.42 Å². The molecule has 0 aliphatic carbocycles. The van der Waals surface area contributed by atoms with Crippen LogP contribution in [0.15, 0.2) is 30.3 Å². The normalized spacial score (nSPS) is 16.4. The second-order valence-electron chi connectivity index (χ2n) is 14.2. The number of carbonyl (C=O) groups excluding carboxylic acids is 8. The maximum Gasteiger partial charge on any atom is 0.328 e. The van der Waals surface area contributed by atoms with Crippen molar-refractivity contribution in [3.8, 4) is 0 Å². The van der Waals surface area contributed by atoms with E-state index in [2.05, 4.69) is 26.6 Å². The molecule has 0 spiro atoms. The summed E-state index contributed by atoms with van der Waals surface area (Å²) >= 11 is 0. The highest BCUT2D eigenvalue weighted by atomic mass is 16.4. The summed E-state index contributed by atoms with van der Waals surface area (Å²) < 4.78 is 0. The third kappa shape index (κ3) is 17.8. The number of amides is 8. The number of carboxylic acids is 1. The summed E-state index contributed by atoms with van der Waals surface area (Å²) in [6.07, 6.45) is -2.97. The number of hydrogen-bond donors (Lipinski definition) is 15. The van der Waals surface area contributed by atoms with E-state index in [4.69, 9.17) is 15.9 Å². The Morgan fingerprint density at radius 1 is 0.557 bits per heavy atom. The number of carboxylic acid groups (broad SMARTS) is 1. The first-order chi connectivity index (χ1) is 28.6. The maximum atomic E-state index is 13.6. The van der Waals surface area contributed by atoms with Crippen LogP contribution in [0.5, 0.6) is 0 Å². The van der Waals surface area contributed by atoms with E-state index >= 15 is 0 Å². The highest BCUT2D eigenvalue weighted by Gasteiger charge is 2.37. The van der Waals surface area contributed by atoms with Crippen molar-refractivity contribution in [1.29, 1.82) is 0 Å². The number of carbonyl (C=O) groups is 9. The molecule has 0 radical (unpaired) electrons. The molecule has 24 nitrogen and oxygen atoms in total. The number of nitrogens with one attached hydrogen (secondary N) is 8. The monoisotopic (exact) mass is 869 g/mol. The highest BCUT2D eigenvalue weighted by Crippen LogP contribution is 2.10. The summed E-state index contributed by atoms with van der Waals surface area (Å²) in [5, 5.41) is 76.2. The Labute approximate surface area is 351 Å². The van der Waals surface area contributed by atoms with E-state index in [1.165, 1.54) is 6.92 Å². The van der Waals surface area contributed by atoms with Gasteiger partial charge in [0.25, 0.3) is 0 Å². The molecule has 1 rings (SSSR count). The molecule has 0 aromatic heterocycles. The molecule has 0 saturated carbocycles. The van der Waals surface area contributed by atoms with Gasteiger partial charge in [-0.15, -0.1) is 0 Å². The van der Waals surface area contributed by atoms with Crippen LogP contribution < -0.4 is 48.3 Å². The molecule has 342 valence electrons. The molecule has 0 aliphatic heterocycles. The smallest absolute Gasteiger partial charge is 0.328 e. The molecule has 61 heavy (non-hydrogen) atoms. The third-order valence-corrected chi connectivity index (χ3v) is 9.12. The van der Waals surface area contributed by atoms with Crippen LogP contribution in [0.3, 0.4) is 0 Å². The fourth-order valence-corrected chi connectivity index (χ4v) is 5.26. The molecule has 0 fully saturated rings. The van der Waals surface area contributed by atoms with E-state index in [0.717, 1.165) is 13.8 Å². The summed E-state index contributed by atoms with van der Waals surface area (Å²) in [4.78, 5) is 115. The fourth-order valence-electron chi connectivity index (χ4n) is 5.26. The molecule has 1 aromatic carbocycles. The van der Waals surface area contributed by atoms with Crippen molar-refractivity contribution >= 4 is 53.2 Å². The van der Waals surface area contributed by atoms with E-state index in [9.17, 15) is 63.6 Å². The van der Waals surface area contributed by atoms with Crippen LogP contribution in [0, 0.1) is 5.92 Å². The topological polar surface area (TPSA) is 397 Å². The zero-order valence-electron chi connectivity index (χ0n) is 34.4. The van der Waals surface area contributed by atoms with Crippen molar-refractivity contribution in [2.75, 3.05) is 26.4 Å². The van der Waals surface area contributed by atoms with Gasteiger partial charge in [0.1, 0.15) is 42.3 Å². The minimum Gasteiger partial charge on any atom is -0.480 e.